The van der Waals surface area contributed by atoms with Crippen molar-refractivity contribution in [3.63, 3.8) is 0 Å². The van der Waals surface area contributed by atoms with Crippen molar-refractivity contribution in [1.82, 2.24) is 0 Å². The van der Waals surface area contributed by atoms with Gasteiger partial charge in [-0.05, 0) is 42.3 Å². The van der Waals surface area contributed by atoms with E-state index in [1.165, 1.54) is 6.92 Å². The predicted octanol–water partition coefficient (Wildman–Crippen LogP) is 4.99. The zero-order valence-corrected chi connectivity index (χ0v) is 11.2. The Kier molecular flexibility index (Phi) is 4.18. The van der Waals surface area contributed by atoms with Crippen LogP contribution in [0.15, 0.2) is 30.3 Å². The maximum absolute atomic E-state index is 13.8. The molecule has 0 heterocycles. The Balaban J connectivity index is 2.48. The molecular formula is C16H8F6. The first-order valence-corrected chi connectivity index (χ1v) is 6.03. The van der Waals surface area contributed by atoms with Crippen molar-refractivity contribution in [1.29, 1.82) is 0 Å². The first-order valence-electron chi connectivity index (χ1n) is 6.03. The highest BCUT2D eigenvalue weighted by Crippen LogP contribution is 2.28. The minimum atomic E-state index is -4.75. The van der Waals surface area contributed by atoms with Crippen LogP contribution in [0.2, 0.25) is 0 Å². The Hall–Kier alpha value is -2.42. The van der Waals surface area contributed by atoms with Crippen molar-refractivity contribution in [3.05, 3.63) is 58.9 Å². The molecule has 0 spiro atoms. The Labute approximate surface area is 122 Å². The van der Waals surface area contributed by atoms with Gasteiger partial charge in [0.15, 0.2) is 0 Å². The molecule has 0 bridgehead atoms. The van der Waals surface area contributed by atoms with Crippen molar-refractivity contribution >= 4 is 0 Å². The average molecular weight is 314 g/mol. The summed E-state index contributed by atoms with van der Waals surface area (Å²) in [6.07, 6.45) is -4.75. The minimum Gasteiger partial charge on any atom is -0.206 e. The lowest BCUT2D eigenvalue weighted by Crippen LogP contribution is -2.02. The van der Waals surface area contributed by atoms with Crippen molar-refractivity contribution < 1.29 is 26.3 Å². The molecule has 0 fully saturated rings. The highest BCUT2D eigenvalue weighted by molar-refractivity contribution is 5.66. The first-order chi connectivity index (χ1) is 10.2. The van der Waals surface area contributed by atoms with Crippen LogP contribution in [0.25, 0.3) is 11.1 Å². The van der Waals surface area contributed by atoms with Gasteiger partial charge in [0.05, 0.1) is 11.1 Å². The lowest BCUT2D eigenvalue weighted by atomic mass is 10.0. The van der Waals surface area contributed by atoms with Gasteiger partial charge in [-0.1, -0.05) is 12.0 Å². The largest absolute Gasteiger partial charge is 0.458 e. The Bertz CT molecular complexity index is 754. The molecular weight excluding hydrogens is 306 g/mol. The molecule has 0 N–H and O–H groups in total. The second kappa shape index (κ2) is 5.76. The maximum atomic E-state index is 13.8. The van der Waals surface area contributed by atoms with E-state index < -0.39 is 34.8 Å². The van der Waals surface area contributed by atoms with E-state index in [2.05, 4.69) is 0 Å². The van der Waals surface area contributed by atoms with Gasteiger partial charge in [-0.3, -0.25) is 0 Å². The predicted molar refractivity (Wildman–Crippen MR) is 69.4 cm³/mol. The fourth-order valence-corrected chi connectivity index (χ4v) is 1.89. The second-order valence-corrected chi connectivity index (χ2v) is 4.55. The van der Waals surface area contributed by atoms with Crippen molar-refractivity contribution in [2.45, 2.75) is 13.1 Å². The van der Waals surface area contributed by atoms with Crippen molar-refractivity contribution in [2.75, 3.05) is 0 Å². The molecule has 0 aliphatic carbocycles. The van der Waals surface area contributed by atoms with Crippen LogP contribution in [-0.2, 0) is 0 Å². The zero-order chi connectivity index (χ0) is 16.5. The average Bonchev–Trinajstić information content (AvgIpc) is 2.35. The van der Waals surface area contributed by atoms with E-state index in [4.69, 9.17) is 0 Å². The summed E-state index contributed by atoms with van der Waals surface area (Å²) >= 11 is 0. The summed E-state index contributed by atoms with van der Waals surface area (Å²) in [5, 5.41) is 0. The normalized spacial score (nSPS) is 11.0. The Morgan fingerprint density at radius 2 is 1.45 bits per heavy atom. The van der Waals surface area contributed by atoms with Crippen molar-refractivity contribution in [3.8, 4) is 23.0 Å². The van der Waals surface area contributed by atoms with Crippen LogP contribution in [0.1, 0.15) is 11.1 Å². The molecule has 6 heteroatoms. The smallest absolute Gasteiger partial charge is 0.206 e. The van der Waals surface area contributed by atoms with Crippen LogP contribution in [0.4, 0.5) is 26.3 Å². The van der Waals surface area contributed by atoms with Crippen LogP contribution in [0, 0.1) is 36.2 Å². The van der Waals surface area contributed by atoms with Crippen LogP contribution in [0.3, 0.4) is 0 Å². The summed E-state index contributed by atoms with van der Waals surface area (Å²) in [4.78, 5) is 0. The van der Waals surface area contributed by atoms with Gasteiger partial charge >= 0.3 is 6.18 Å². The van der Waals surface area contributed by atoms with Gasteiger partial charge in [-0.25, -0.2) is 13.2 Å². The lowest BCUT2D eigenvalue weighted by molar-refractivity contribution is -0.0696. The molecule has 2 aromatic carbocycles. The molecule has 0 aromatic heterocycles. The van der Waals surface area contributed by atoms with Gasteiger partial charge in [-0.2, -0.15) is 13.2 Å². The van der Waals surface area contributed by atoms with Crippen LogP contribution < -0.4 is 0 Å². The monoisotopic (exact) mass is 314 g/mol. The molecule has 0 saturated heterocycles. The number of rotatable bonds is 1. The number of hydrogen-bond acceptors (Lipinski definition) is 0. The highest BCUT2D eigenvalue weighted by Gasteiger charge is 2.23. The third-order valence-electron chi connectivity index (χ3n) is 2.78. The summed E-state index contributed by atoms with van der Waals surface area (Å²) in [6, 6.07) is 4.96. The van der Waals surface area contributed by atoms with E-state index >= 15 is 0 Å². The third-order valence-corrected chi connectivity index (χ3v) is 2.78. The molecule has 2 rings (SSSR count). The minimum absolute atomic E-state index is 0.120. The molecule has 0 atom stereocenters. The van der Waals surface area contributed by atoms with E-state index in [1.54, 1.807) is 5.92 Å². The number of aryl methyl sites for hydroxylation is 1. The SMILES string of the molecule is Cc1cc(F)c(-c2ccc(C#CC(F)(F)F)c(F)c2)c(F)c1. The van der Waals surface area contributed by atoms with Crippen LogP contribution in [0.5, 0.6) is 0 Å². The summed E-state index contributed by atoms with van der Waals surface area (Å²) in [5.74, 6) is -0.293. The standard InChI is InChI=1S/C16H8F6/c1-9-6-13(18)15(14(19)7-9)11-3-2-10(12(17)8-11)4-5-16(20,21)22/h2-3,6-8H,1H3. The molecule has 0 amide bonds. The van der Waals surface area contributed by atoms with E-state index in [9.17, 15) is 26.3 Å². The molecule has 0 nitrogen and oxygen atoms in total. The molecule has 114 valence electrons. The zero-order valence-electron chi connectivity index (χ0n) is 11.2. The second-order valence-electron chi connectivity index (χ2n) is 4.55. The molecule has 22 heavy (non-hydrogen) atoms. The summed E-state index contributed by atoms with van der Waals surface area (Å²) < 4.78 is 77.2. The summed E-state index contributed by atoms with van der Waals surface area (Å²) in [6.45, 7) is 1.49. The van der Waals surface area contributed by atoms with Gasteiger partial charge < -0.3 is 0 Å². The Morgan fingerprint density at radius 3 is 1.95 bits per heavy atom. The molecule has 0 radical (unpaired) electrons. The molecule has 0 aliphatic rings. The fourth-order valence-electron chi connectivity index (χ4n) is 1.89. The van der Waals surface area contributed by atoms with Crippen LogP contribution >= 0.6 is 0 Å². The maximum Gasteiger partial charge on any atom is 0.458 e. The van der Waals surface area contributed by atoms with Gasteiger partial charge in [0.25, 0.3) is 0 Å². The van der Waals surface area contributed by atoms with E-state index in [-0.39, 0.29) is 5.56 Å². The fraction of sp³-hybridized carbons (Fsp3) is 0.125. The van der Waals surface area contributed by atoms with E-state index in [0.29, 0.717) is 5.56 Å². The van der Waals surface area contributed by atoms with Gasteiger partial charge in [-0.15, -0.1) is 0 Å². The van der Waals surface area contributed by atoms with Crippen molar-refractivity contribution in [2.24, 2.45) is 0 Å². The molecule has 0 aliphatic heterocycles. The molecule has 2 aromatic rings. The van der Waals surface area contributed by atoms with Crippen LogP contribution in [-0.4, -0.2) is 6.18 Å². The first kappa shape index (κ1) is 16.0. The molecule has 0 unspecified atom stereocenters. The quantitative estimate of drug-likeness (QED) is 0.514. The number of benzene rings is 2. The molecule has 0 saturated carbocycles. The summed E-state index contributed by atoms with van der Waals surface area (Å²) in [5.41, 5.74) is -0.717. The topological polar surface area (TPSA) is 0 Å². The number of hydrogen-bond donors (Lipinski definition) is 0. The van der Waals surface area contributed by atoms with E-state index in [0.717, 1.165) is 36.3 Å². The van der Waals surface area contributed by atoms with Gasteiger partial charge in [0.2, 0.25) is 0 Å². The lowest BCUT2D eigenvalue weighted by Gasteiger charge is -2.07. The number of halogens is 6. The van der Waals surface area contributed by atoms with Gasteiger partial charge in [0.1, 0.15) is 17.5 Å². The highest BCUT2D eigenvalue weighted by atomic mass is 19.4. The van der Waals surface area contributed by atoms with E-state index in [1.807, 2.05) is 0 Å². The van der Waals surface area contributed by atoms with Gasteiger partial charge in [0, 0.05) is 5.92 Å². The Morgan fingerprint density at radius 1 is 0.864 bits per heavy atom. The number of alkyl halides is 3. The third kappa shape index (κ3) is 3.61. The summed E-state index contributed by atoms with van der Waals surface area (Å²) in [7, 11) is 0.